The lowest BCUT2D eigenvalue weighted by atomic mass is 9.90. The topological polar surface area (TPSA) is 32.3 Å². The number of benzene rings is 1. The molecule has 2 unspecified atom stereocenters. The maximum absolute atomic E-state index is 9.02. The van der Waals surface area contributed by atoms with Gasteiger partial charge in [-0.15, -0.1) is 0 Å². The molecule has 2 nitrogen and oxygen atoms in total. The number of hydrogen-bond donors (Lipinski definition) is 2. The average Bonchev–Trinajstić information content (AvgIpc) is 2.38. The average molecular weight is 219 g/mol. The predicted octanol–water partition coefficient (Wildman–Crippen LogP) is 1.98. The molecule has 0 bridgehead atoms. The van der Waals surface area contributed by atoms with Gasteiger partial charge < -0.3 is 10.4 Å². The molecular formula is C14H21NO. The van der Waals surface area contributed by atoms with Crippen LogP contribution in [0, 0.1) is 5.92 Å². The van der Waals surface area contributed by atoms with Gasteiger partial charge in [0.05, 0.1) is 6.61 Å². The van der Waals surface area contributed by atoms with Crippen LogP contribution in [0.2, 0.25) is 0 Å². The summed E-state index contributed by atoms with van der Waals surface area (Å²) in [4.78, 5) is 0. The van der Waals surface area contributed by atoms with Crippen LogP contribution in [0.3, 0.4) is 0 Å². The minimum Gasteiger partial charge on any atom is -0.395 e. The summed E-state index contributed by atoms with van der Waals surface area (Å²) in [6, 6.07) is 11.0. The second kappa shape index (κ2) is 6.02. The zero-order valence-corrected chi connectivity index (χ0v) is 9.73. The zero-order chi connectivity index (χ0) is 11.2. The lowest BCUT2D eigenvalue weighted by Crippen LogP contribution is -2.41. The van der Waals surface area contributed by atoms with E-state index in [1.54, 1.807) is 0 Å². The molecule has 2 rings (SSSR count). The number of aryl methyl sites for hydroxylation is 1. The third kappa shape index (κ3) is 3.32. The van der Waals surface area contributed by atoms with E-state index in [0.717, 1.165) is 18.9 Å². The molecule has 1 aliphatic heterocycles. The van der Waals surface area contributed by atoms with Gasteiger partial charge in [0.2, 0.25) is 0 Å². The van der Waals surface area contributed by atoms with Crippen LogP contribution in [-0.4, -0.2) is 24.3 Å². The van der Waals surface area contributed by atoms with E-state index in [1.165, 1.54) is 24.8 Å². The summed E-state index contributed by atoms with van der Waals surface area (Å²) < 4.78 is 0. The Morgan fingerprint density at radius 3 is 2.62 bits per heavy atom. The number of hydrogen-bond acceptors (Lipinski definition) is 2. The summed E-state index contributed by atoms with van der Waals surface area (Å²) in [5.41, 5.74) is 1.44. The number of aliphatic hydroxyl groups excluding tert-OH is 1. The molecule has 1 heterocycles. The second-order valence-electron chi connectivity index (χ2n) is 4.76. The van der Waals surface area contributed by atoms with E-state index in [1.807, 2.05) is 0 Å². The highest BCUT2D eigenvalue weighted by Gasteiger charge is 2.19. The number of piperidine rings is 1. The van der Waals surface area contributed by atoms with Gasteiger partial charge in [-0.25, -0.2) is 0 Å². The van der Waals surface area contributed by atoms with Crippen molar-refractivity contribution in [3.05, 3.63) is 35.9 Å². The molecule has 0 radical (unpaired) electrons. The highest BCUT2D eigenvalue weighted by Crippen LogP contribution is 2.19. The molecule has 1 aromatic carbocycles. The van der Waals surface area contributed by atoms with Crippen molar-refractivity contribution in [1.29, 1.82) is 0 Å². The van der Waals surface area contributed by atoms with Crippen molar-refractivity contribution in [3.63, 3.8) is 0 Å². The Morgan fingerprint density at radius 1 is 1.19 bits per heavy atom. The van der Waals surface area contributed by atoms with Gasteiger partial charge in [0.15, 0.2) is 0 Å². The van der Waals surface area contributed by atoms with E-state index in [-0.39, 0.29) is 6.61 Å². The molecule has 1 fully saturated rings. The minimum atomic E-state index is 0.283. The van der Waals surface area contributed by atoms with Crippen LogP contribution in [0.1, 0.15) is 24.8 Å². The van der Waals surface area contributed by atoms with Crippen LogP contribution in [0.15, 0.2) is 30.3 Å². The second-order valence-corrected chi connectivity index (χ2v) is 4.76. The Morgan fingerprint density at radius 2 is 2.00 bits per heavy atom. The summed E-state index contributed by atoms with van der Waals surface area (Å²) in [6.45, 7) is 1.35. The number of aliphatic hydroxyl groups is 1. The fraction of sp³-hybridized carbons (Fsp3) is 0.571. The SMILES string of the molecule is OCC1CCC(CCc2ccccc2)CN1. The van der Waals surface area contributed by atoms with Crippen molar-refractivity contribution in [2.75, 3.05) is 13.2 Å². The Hall–Kier alpha value is -0.860. The molecule has 0 aliphatic carbocycles. The summed E-state index contributed by atoms with van der Waals surface area (Å²) in [6.07, 6.45) is 4.81. The summed E-state index contributed by atoms with van der Waals surface area (Å²) >= 11 is 0. The Kier molecular flexibility index (Phi) is 4.37. The largest absolute Gasteiger partial charge is 0.395 e. The van der Waals surface area contributed by atoms with Crippen molar-refractivity contribution in [3.8, 4) is 0 Å². The highest BCUT2D eigenvalue weighted by atomic mass is 16.3. The van der Waals surface area contributed by atoms with E-state index < -0.39 is 0 Å². The first kappa shape index (κ1) is 11.6. The quantitative estimate of drug-likeness (QED) is 0.811. The molecule has 2 N–H and O–H groups in total. The third-order valence-corrected chi connectivity index (χ3v) is 3.52. The Balaban J connectivity index is 1.72. The number of rotatable bonds is 4. The summed E-state index contributed by atoms with van der Waals surface area (Å²) in [5, 5.41) is 12.4. The van der Waals surface area contributed by atoms with Crippen molar-refractivity contribution in [1.82, 2.24) is 5.32 Å². The van der Waals surface area contributed by atoms with Crippen LogP contribution in [0.5, 0.6) is 0 Å². The highest BCUT2D eigenvalue weighted by molar-refractivity contribution is 5.14. The molecule has 1 aliphatic rings. The predicted molar refractivity (Wildman–Crippen MR) is 66.4 cm³/mol. The van der Waals surface area contributed by atoms with Crippen LogP contribution in [0.25, 0.3) is 0 Å². The van der Waals surface area contributed by atoms with Gasteiger partial charge in [0.1, 0.15) is 0 Å². The van der Waals surface area contributed by atoms with Crippen molar-refractivity contribution in [2.24, 2.45) is 5.92 Å². The smallest absolute Gasteiger partial charge is 0.0584 e. The summed E-state index contributed by atoms with van der Waals surface area (Å²) in [7, 11) is 0. The van der Waals surface area contributed by atoms with Crippen molar-refractivity contribution in [2.45, 2.75) is 31.7 Å². The fourth-order valence-electron chi connectivity index (χ4n) is 2.39. The third-order valence-electron chi connectivity index (χ3n) is 3.52. The molecule has 88 valence electrons. The van der Waals surface area contributed by atoms with Crippen LogP contribution >= 0.6 is 0 Å². The molecule has 2 atom stereocenters. The molecule has 2 heteroatoms. The maximum atomic E-state index is 9.02. The monoisotopic (exact) mass is 219 g/mol. The van der Waals surface area contributed by atoms with Gasteiger partial charge in [-0.2, -0.15) is 0 Å². The fourth-order valence-corrected chi connectivity index (χ4v) is 2.39. The first-order valence-corrected chi connectivity index (χ1v) is 6.26. The van der Waals surface area contributed by atoms with Gasteiger partial charge in [0.25, 0.3) is 0 Å². The molecule has 0 aromatic heterocycles. The molecule has 0 amide bonds. The van der Waals surface area contributed by atoms with E-state index in [4.69, 9.17) is 5.11 Å². The maximum Gasteiger partial charge on any atom is 0.0584 e. The first-order valence-electron chi connectivity index (χ1n) is 6.26. The Bertz CT molecular complexity index is 291. The lowest BCUT2D eigenvalue weighted by Gasteiger charge is -2.28. The zero-order valence-electron chi connectivity index (χ0n) is 9.73. The van der Waals surface area contributed by atoms with Gasteiger partial charge in [-0.3, -0.25) is 0 Å². The minimum absolute atomic E-state index is 0.283. The summed E-state index contributed by atoms with van der Waals surface area (Å²) in [5.74, 6) is 0.781. The normalized spacial score (nSPS) is 25.6. The first-order chi connectivity index (χ1) is 7.88. The van der Waals surface area contributed by atoms with Gasteiger partial charge in [-0.1, -0.05) is 30.3 Å². The molecule has 0 spiro atoms. The van der Waals surface area contributed by atoms with Crippen molar-refractivity contribution >= 4 is 0 Å². The van der Waals surface area contributed by atoms with Gasteiger partial charge >= 0.3 is 0 Å². The van der Waals surface area contributed by atoms with Crippen LogP contribution in [-0.2, 0) is 6.42 Å². The van der Waals surface area contributed by atoms with Crippen LogP contribution < -0.4 is 5.32 Å². The molecular weight excluding hydrogens is 198 g/mol. The molecule has 0 saturated carbocycles. The van der Waals surface area contributed by atoms with E-state index >= 15 is 0 Å². The van der Waals surface area contributed by atoms with Gasteiger partial charge in [0, 0.05) is 6.04 Å². The van der Waals surface area contributed by atoms with E-state index in [0.29, 0.717) is 6.04 Å². The molecule has 16 heavy (non-hydrogen) atoms. The number of nitrogens with one attached hydrogen (secondary N) is 1. The van der Waals surface area contributed by atoms with Crippen LogP contribution in [0.4, 0.5) is 0 Å². The van der Waals surface area contributed by atoms with E-state index in [2.05, 4.69) is 35.6 Å². The lowest BCUT2D eigenvalue weighted by molar-refractivity contribution is 0.195. The van der Waals surface area contributed by atoms with Crippen molar-refractivity contribution < 1.29 is 5.11 Å². The molecule has 1 aromatic rings. The standard InChI is InChI=1S/C14H21NO/c16-11-14-9-8-13(10-15-14)7-6-12-4-2-1-3-5-12/h1-5,13-16H,6-11H2. The van der Waals surface area contributed by atoms with Gasteiger partial charge in [-0.05, 0) is 43.7 Å². The Labute approximate surface area is 97.7 Å². The van der Waals surface area contributed by atoms with E-state index in [9.17, 15) is 0 Å². The molecule has 1 saturated heterocycles.